The maximum absolute atomic E-state index is 11.9. The molecule has 0 aliphatic rings. The number of hydrogen-bond donors (Lipinski definition) is 1. The molecule has 1 atom stereocenters. The average molecular weight is 334 g/mol. The molecule has 0 bridgehead atoms. The topological polar surface area (TPSA) is 52.3 Å². The predicted octanol–water partition coefficient (Wildman–Crippen LogP) is 3.85. The summed E-state index contributed by atoms with van der Waals surface area (Å²) in [5.41, 5.74) is 9.23. The van der Waals surface area contributed by atoms with Gasteiger partial charge in [0.25, 0.3) is 0 Å². The summed E-state index contributed by atoms with van der Waals surface area (Å²) in [7, 11) is 0. The Hall–Kier alpha value is -1.84. The van der Waals surface area contributed by atoms with E-state index in [0.717, 1.165) is 11.1 Å². The van der Waals surface area contributed by atoms with Crippen molar-refractivity contribution in [2.45, 2.75) is 38.8 Å². The minimum Gasteiger partial charge on any atom is -0.460 e. The molecule has 23 heavy (non-hydrogen) atoms. The predicted molar refractivity (Wildman–Crippen MR) is 95.7 cm³/mol. The van der Waals surface area contributed by atoms with Gasteiger partial charge in [-0.3, -0.25) is 4.79 Å². The molecule has 0 unspecified atom stereocenters. The number of carbonyl (C=O) groups is 1. The van der Waals surface area contributed by atoms with Crippen LogP contribution in [-0.4, -0.2) is 12.0 Å². The van der Waals surface area contributed by atoms with Crippen LogP contribution in [0, 0.1) is 0 Å². The maximum Gasteiger partial charge on any atom is 0.323 e. The Morgan fingerprint density at radius 3 is 2.17 bits per heavy atom. The summed E-state index contributed by atoms with van der Waals surface area (Å²) in [5, 5.41) is 0. The highest BCUT2D eigenvalue weighted by Crippen LogP contribution is 2.15. The zero-order valence-corrected chi connectivity index (χ0v) is 14.4. The number of carbonyl (C=O) groups excluding carboxylic acids is 1. The summed E-state index contributed by atoms with van der Waals surface area (Å²) in [5.74, 6) is 0.135. The minimum atomic E-state index is -0.631. The maximum atomic E-state index is 11.9. The Morgan fingerprint density at radius 2 is 1.61 bits per heavy atom. The molecule has 0 aliphatic carbocycles. The summed E-state index contributed by atoms with van der Waals surface area (Å²) in [6, 6.07) is 17.2. The second-order valence-electron chi connectivity index (χ2n) is 5.80. The number of rotatable bonds is 6. The summed E-state index contributed by atoms with van der Waals surface area (Å²) >= 11 is 0. The second-order valence-corrected chi connectivity index (χ2v) is 5.80. The Bertz CT molecular complexity index is 597. The Balaban J connectivity index is 0.00000264. The molecule has 2 rings (SSSR count). The molecule has 0 fully saturated rings. The third-order valence-electron chi connectivity index (χ3n) is 3.63. The molecule has 3 nitrogen and oxygen atoms in total. The lowest BCUT2D eigenvalue weighted by molar-refractivity contribution is -0.146. The first-order chi connectivity index (χ1) is 10.6. The molecule has 0 saturated heterocycles. The summed E-state index contributed by atoms with van der Waals surface area (Å²) in [6.07, 6.45) is 0.492. The standard InChI is InChI=1S/C19H23NO2.ClH/c1-14(2)17-10-8-15(9-11-17)12-18(20)19(21)22-13-16-6-4-3-5-7-16;/h3-11,14,18H,12-13,20H2,1-2H3;1H/t18-;/m0./s1. The molecule has 2 aromatic carbocycles. The van der Waals surface area contributed by atoms with E-state index >= 15 is 0 Å². The van der Waals surface area contributed by atoms with E-state index in [1.54, 1.807) is 0 Å². The van der Waals surface area contributed by atoms with Crippen molar-refractivity contribution in [2.24, 2.45) is 5.73 Å². The molecule has 4 heteroatoms. The van der Waals surface area contributed by atoms with Crippen molar-refractivity contribution in [1.82, 2.24) is 0 Å². The molecule has 0 aliphatic heterocycles. The fourth-order valence-electron chi connectivity index (χ4n) is 2.21. The van der Waals surface area contributed by atoms with Crippen molar-refractivity contribution in [1.29, 1.82) is 0 Å². The molecule has 0 amide bonds. The van der Waals surface area contributed by atoms with Crippen molar-refractivity contribution >= 4 is 18.4 Å². The van der Waals surface area contributed by atoms with E-state index < -0.39 is 6.04 Å². The first kappa shape index (κ1) is 19.2. The molecule has 0 heterocycles. The van der Waals surface area contributed by atoms with Crippen LogP contribution in [0.1, 0.15) is 36.5 Å². The Kier molecular flexibility index (Phi) is 7.79. The molecule has 0 radical (unpaired) electrons. The zero-order chi connectivity index (χ0) is 15.9. The number of ether oxygens (including phenoxy) is 1. The fraction of sp³-hybridized carbons (Fsp3) is 0.316. The highest BCUT2D eigenvalue weighted by atomic mass is 35.5. The minimum absolute atomic E-state index is 0. The van der Waals surface area contributed by atoms with Gasteiger partial charge in [0, 0.05) is 0 Å². The van der Waals surface area contributed by atoms with Crippen LogP contribution in [0.3, 0.4) is 0 Å². The van der Waals surface area contributed by atoms with Gasteiger partial charge in [0.2, 0.25) is 0 Å². The van der Waals surface area contributed by atoms with Gasteiger partial charge in [0.05, 0.1) is 0 Å². The molecular weight excluding hydrogens is 310 g/mol. The third-order valence-corrected chi connectivity index (χ3v) is 3.63. The van der Waals surface area contributed by atoms with Crippen LogP contribution >= 0.6 is 12.4 Å². The number of nitrogens with two attached hydrogens (primary N) is 1. The van der Waals surface area contributed by atoms with E-state index in [-0.39, 0.29) is 25.0 Å². The van der Waals surface area contributed by atoms with Crippen molar-refractivity contribution in [2.75, 3.05) is 0 Å². The van der Waals surface area contributed by atoms with Crippen molar-refractivity contribution in [3.63, 3.8) is 0 Å². The van der Waals surface area contributed by atoms with Crippen LogP contribution < -0.4 is 5.73 Å². The second kappa shape index (κ2) is 9.33. The van der Waals surface area contributed by atoms with Gasteiger partial charge in [0.1, 0.15) is 12.6 Å². The van der Waals surface area contributed by atoms with E-state index in [2.05, 4.69) is 26.0 Å². The van der Waals surface area contributed by atoms with Crippen LogP contribution in [0.15, 0.2) is 54.6 Å². The number of esters is 1. The van der Waals surface area contributed by atoms with Crippen LogP contribution in [-0.2, 0) is 22.6 Å². The summed E-state index contributed by atoms with van der Waals surface area (Å²) in [6.45, 7) is 4.57. The number of halogens is 1. The van der Waals surface area contributed by atoms with Gasteiger partial charge in [-0.15, -0.1) is 12.4 Å². The molecule has 124 valence electrons. The summed E-state index contributed by atoms with van der Waals surface area (Å²) < 4.78 is 5.26. The van der Waals surface area contributed by atoms with Crippen molar-refractivity contribution in [3.05, 3.63) is 71.3 Å². The smallest absolute Gasteiger partial charge is 0.323 e. The molecule has 0 aromatic heterocycles. The van der Waals surface area contributed by atoms with E-state index in [4.69, 9.17) is 10.5 Å². The largest absolute Gasteiger partial charge is 0.460 e. The first-order valence-corrected chi connectivity index (χ1v) is 7.61. The molecule has 2 aromatic rings. The fourth-order valence-corrected chi connectivity index (χ4v) is 2.21. The van der Waals surface area contributed by atoms with E-state index in [0.29, 0.717) is 12.3 Å². The Morgan fingerprint density at radius 1 is 1.00 bits per heavy atom. The lowest BCUT2D eigenvalue weighted by atomic mass is 9.99. The van der Waals surface area contributed by atoms with Crippen molar-refractivity contribution < 1.29 is 9.53 Å². The third kappa shape index (κ3) is 6.05. The van der Waals surface area contributed by atoms with Crippen LogP contribution in [0.4, 0.5) is 0 Å². The number of hydrogen-bond acceptors (Lipinski definition) is 3. The molecule has 0 spiro atoms. The highest BCUT2D eigenvalue weighted by molar-refractivity contribution is 5.85. The molecule has 2 N–H and O–H groups in total. The lowest BCUT2D eigenvalue weighted by Crippen LogP contribution is -2.34. The van der Waals surface area contributed by atoms with Gasteiger partial charge in [0.15, 0.2) is 0 Å². The van der Waals surface area contributed by atoms with Gasteiger partial charge in [-0.1, -0.05) is 68.4 Å². The van der Waals surface area contributed by atoms with Gasteiger partial charge >= 0.3 is 5.97 Å². The van der Waals surface area contributed by atoms with Crippen molar-refractivity contribution in [3.8, 4) is 0 Å². The molecule has 0 saturated carbocycles. The van der Waals surface area contributed by atoms with Gasteiger partial charge in [-0.2, -0.15) is 0 Å². The highest BCUT2D eigenvalue weighted by Gasteiger charge is 2.15. The van der Waals surface area contributed by atoms with Gasteiger partial charge in [-0.25, -0.2) is 0 Å². The average Bonchev–Trinajstić information content (AvgIpc) is 2.54. The van der Waals surface area contributed by atoms with Gasteiger partial charge in [-0.05, 0) is 29.0 Å². The number of benzene rings is 2. The normalized spacial score (nSPS) is 11.7. The first-order valence-electron chi connectivity index (χ1n) is 7.61. The van der Waals surface area contributed by atoms with E-state index in [1.165, 1.54) is 5.56 Å². The molecular formula is C19H24ClNO2. The van der Waals surface area contributed by atoms with Gasteiger partial charge < -0.3 is 10.5 Å². The van der Waals surface area contributed by atoms with E-state index in [1.807, 2.05) is 42.5 Å². The zero-order valence-electron chi connectivity index (χ0n) is 13.6. The lowest BCUT2D eigenvalue weighted by Gasteiger charge is -2.12. The quantitative estimate of drug-likeness (QED) is 0.817. The summed E-state index contributed by atoms with van der Waals surface area (Å²) in [4.78, 5) is 11.9. The van der Waals surface area contributed by atoms with Crippen LogP contribution in [0.5, 0.6) is 0 Å². The SMILES string of the molecule is CC(C)c1ccc(C[C@H](N)C(=O)OCc2ccccc2)cc1.Cl. The van der Waals surface area contributed by atoms with Crippen LogP contribution in [0.2, 0.25) is 0 Å². The van der Waals surface area contributed by atoms with E-state index in [9.17, 15) is 4.79 Å². The monoisotopic (exact) mass is 333 g/mol. The van der Waals surface area contributed by atoms with Crippen LogP contribution in [0.25, 0.3) is 0 Å². The Labute approximate surface area is 144 Å².